The van der Waals surface area contributed by atoms with Crippen LogP contribution >= 0.6 is 0 Å². The van der Waals surface area contributed by atoms with Crippen molar-refractivity contribution in [2.24, 2.45) is 0 Å². The Morgan fingerprint density at radius 3 is 2.65 bits per heavy atom. The molecule has 0 spiro atoms. The molecule has 7 nitrogen and oxygen atoms in total. The standard InChI is InChI=1S/C13H21N5O2/c1-4-5-11(19)16-9-12(20)15-8-10-6-7-14-13(17-10)18(2)3/h6-7H,4-5,8-9H2,1-3H3,(H,15,20)(H,16,19). The lowest BCUT2D eigenvalue weighted by molar-refractivity contribution is -0.126. The Bertz CT molecular complexity index is 462. The van der Waals surface area contributed by atoms with E-state index in [1.807, 2.05) is 21.0 Å². The fourth-order valence-electron chi connectivity index (χ4n) is 1.44. The Morgan fingerprint density at radius 1 is 1.25 bits per heavy atom. The van der Waals surface area contributed by atoms with Crippen molar-refractivity contribution in [1.29, 1.82) is 0 Å². The fourth-order valence-corrected chi connectivity index (χ4v) is 1.44. The summed E-state index contributed by atoms with van der Waals surface area (Å²) in [6.45, 7) is 2.22. The first-order valence-corrected chi connectivity index (χ1v) is 6.55. The smallest absolute Gasteiger partial charge is 0.239 e. The summed E-state index contributed by atoms with van der Waals surface area (Å²) in [6.07, 6.45) is 2.85. The van der Waals surface area contributed by atoms with E-state index in [-0.39, 0.29) is 18.4 Å². The largest absolute Gasteiger partial charge is 0.349 e. The van der Waals surface area contributed by atoms with Crippen LogP contribution in [-0.2, 0) is 16.1 Å². The third-order valence-corrected chi connectivity index (χ3v) is 2.49. The summed E-state index contributed by atoms with van der Waals surface area (Å²) in [4.78, 5) is 32.9. The van der Waals surface area contributed by atoms with Crippen LogP contribution in [0.15, 0.2) is 12.3 Å². The van der Waals surface area contributed by atoms with Crippen LogP contribution in [0.5, 0.6) is 0 Å². The highest BCUT2D eigenvalue weighted by molar-refractivity contribution is 5.84. The van der Waals surface area contributed by atoms with Crippen molar-refractivity contribution in [3.8, 4) is 0 Å². The van der Waals surface area contributed by atoms with Crippen LogP contribution in [-0.4, -0.2) is 42.4 Å². The van der Waals surface area contributed by atoms with Gasteiger partial charge in [-0.2, -0.15) is 0 Å². The Kier molecular flexibility index (Phi) is 6.42. The highest BCUT2D eigenvalue weighted by atomic mass is 16.2. The van der Waals surface area contributed by atoms with E-state index in [9.17, 15) is 9.59 Å². The molecule has 0 aliphatic rings. The molecule has 0 aromatic carbocycles. The molecule has 1 aromatic heterocycles. The lowest BCUT2D eigenvalue weighted by Crippen LogP contribution is -2.36. The van der Waals surface area contributed by atoms with E-state index >= 15 is 0 Å². The van der Waals surface area contributed by atoms with Gasteiger partial charge in [0.15, 0.2) is 0 Å². The third kappa shape index (κ3) is 5.64. The monoisotopic (exact) mass is 279 g/mol. The van der Waals surface area contributed by atoms with Crippen LogP contribution in [0.2, 0.25) is 0 Å². The van der Waals surface area contributed by atoms with Gasteiger partial charge in [0, 0.05) is 26.7 Å². The van der Waals surface area contributed by atoms with Crippen LogP contribution in [0, 0.1) is 0 Å². The Labute approximate surface area is 118 Å². The van der Waals surface area contributed by atoms with Crippen LogP contribution < -0.4 is 15.5 Å². The number of hydrogen-bond acceptors (Lipinski definition) is 5. The first-order valence-electron chi connectivity index (χ1n) is 6.55. The molecule has 2 amide bonds. The van der Waals surface area contributed by atoms with Crippen molar-refractivity contribution in [3.63, 3.8) is 0 Å². The van der Waals surface area contributed by atoms with E-state index in [0.717, 1.165) is 12.1 Å². The Balaban J connectivity index is 2.37. The minimum absolute atomic E-state index is 0.00947. The van der Waals surface area contributed by atoms with Crippen LogP contribution in [0.25, 0.3) is 0 Å². The molecule has 0 aliphatic carbocycles. The molecular weight excluding hydrogens is 258 g/mol. The molecule has 1 heterocycles. The van der Waals surface area contributed by atoms with Gasteiger partial charge in [0.05, 0.1) is 18.8 Å². The summed E-state index contributed by atoms with van der Waals surface area (Å²) in [5.41, 5.74) is 0.719. The van der Waals surface area contributed by atoms with E-state index in [1.54, 1.807) is 17.2 Å². The van der Waals surface area contributed by atoms with Gasteiger partial charge in [0.2, 0.25) is 17.8 Å². The first-order chi connectivity index (χ1) is 9.52. The molecule has 0 bridgehead atoms. The minimum atomic E-state index is -0.237. The predicted molar refractivity (Wildman–Crippen MR) is 76.1 cm³/mol. The van der Waals surface area contributed by atoms with Crippen molar-refractivity contribution in [2.45, 2.75) is 26.3 Å². The average Bonchev–Trinajstić information content (AvgIpc) is 2.43. The van der Waals surface area contributed by atoms with Crippen LogP contribution in [0.3, 0.4) is 0 Å². The lowest BCUT2D eigenvalue weighted by Gasteiger charge is -2.11. The average molecular weight is 279 g/mol. The molecule has 1 aromatic rings. The molecule has 110 valence electrons. The molecule has 0 saturated heterocycles. The molecule has 0 saturated carbocycles. The highest BCUT2D eigenvalue weighted by Gasteiger charge is 2.06. The lowest BCUT2D eigenvalue weighted by atomic mass is 10.3. The Hall–Kier alpha value is -2.18. The second kappa shape index (κ2) is 8.08. The van der Waals surface area contributed by atoms with Gasteiger partial charge < -0.3 is 15.5 Å². The van der Waals surface area contributed by atoms with E-state index in [1.165, 1.54) is 0 Å². The van der Waals surface area contributed by atoms with Gasteiger partial charge in [0.1, 0.15) is 0 Å². The highest BCUT2D eigenvalue weighted by Crippen LogP contribution is 2.02. The topological polar surface area (TPSA) is 87.2 Å². The van der Waals surface area contributed by atoms with Crippen LogP contribution in [0.4, 0.5) is 5.95 Å². The zero-order valence-electron chi connectivity index (χ0n) is 12.1. The number of carbonyl (C=O) groups excluding carboxylic acids is 2. The van der Waals surface area contributed by atoms with Gasteiger partial charge in [-0.15, -0.1) is 0 Å². The van der Waals surface area contributed by atoms with Gasteiger partial charge in [0.25, 0.3) is 0 Å². The second-order valence-corrected chi connectivity index (χ2v) is 4.55. The van der Waals surface area contributed by atoms with Crippen LogP contribution in [0.1, 0.15) is 25.5 Å². The van der Waals surface area contributed by atoms with Gasteiger partial charge in [-0.05, 0) is 12.5 Å². The molecule has 0 atom stereocenters. The first kappa shape index (κ1) is 15.9. The summed E-state index contributed by atoms with van der Waals surface area (Å²) in [5, 5.41) is 5.26. The van der Waals surface area contributed by atoms with Crippen molar-refractivity contribution in [2.75, 3.05) is 25.5 Å². The normalized spacial score (nSPS) is 9.95. The van der Waals surface area contributed by atoms with E-state index in [4.69, 9.17) is 0 Å². The number of hydrogen-bond donors (Lipinski definition) is 2. The van der Waals surface area contributed by atoms with Crippen molar-refractivity contribution in [1.82, 2.24) is 20.6 Å². The zero-order chi connectivity index (χ0) is 15.0. The summed E-state index contributed by atoms with van der Waals surface area (Å²) >= 11 is 0. The Morgan fingerprint density at radius 2 is 2.00 bits per heavy atom. The van der Waals surface area contributed by atoms with Gasteiger partial charge in [-0.1, -0.05) is 6.92 Å². The summed E-state index contributed by atoms with van der Waals surface area (Å²) < 4.78 is 0. The maximum absolute atomic E-state index is 11.6. The molecule has 1 rings (SSSR count). The van der Waals surface area contributed by atoms with Crippen molar-refractivity contribution < 1.29 is 9.59 Å². The summed E-state index contributed by atoms with van der Waals surface area (Å²) in [7, 11) is 3.70. The van der Waals surface area contributed by atoms with Crippen molar-refractivity contribution >= 4 is 17.8 Å². The molecule has 20 heavy (non-hydrogen) atoms. The minimum Gasteiger partial charge on any atom is -0.349 e. The SMILES string of the molecule is CCCC(=O)NCC(=O)NCc1ccnc(N(C)C)n1. The summed E-state index contributed by atoms with van der Waals surface area (Å²) in [6, 6.07) is 1.74. The van der Waals surface area contributed by atoms with Crippen molar-refractivity contribution in [3.05, 3.63) is 18.0 Å². The molecule has 0 fully saturated rings. The maximum atomic E-state index is 11.6. The zero-order valence-corrected chi connectivity index (χ0v) is 12.1. The molecular formula is C13H21N5O2. The van der Waals surface area contributed by atoms with E-state index in [0.29, 0.717) is 18.9 Å². The quantitative estimate of drug-likeness (QED) is 0.738. The second-order valence-electron chi connectivity index (χ2n) is 4.55. The molecule has 0 radical (unpaired) electrons. The third-order valence-electron chi connectivity index (χ3n) is 2.49. The maximum Gasteiger partial charge on any atom is 0.239 e. The number of amides is 2. The number of aromatic nitrogens is 2. The van der Waals surface area contributed by atoms with Gasteiger partial charge in [-0.25, -0.2) is 9.97 Å². The number of nitrogens with one attached hydrogen (secondary N) is 2. The molecule has 0 aliphatic heterocycles. The summed E-state index contributed by atoms with van der Waals surface area (Å²) in [5.74, 6) is 0.243. The molecule has 0 unspecified atom stereocenters. The van der Waals surface area contributed by atoms with E-state index in [2.05, 4.69) is 20.6 Å². The number of carbonyl (C=O) groups is 2. The van der Waals surface area contributed by atoms with Gasteiger partial charge >= 0.3 is 0 Å². The number of anilines is 1. The van der Waals surface area contributed by atoms with Gasteiger partial charge in [-0.3, -0.25) is 9.59 Å². The molecule has 2 N–H and O–H groups in total. The number of nitrogens with zero attached hydrogens (tertiary/aromatic N) is 3. The number of rotatable bonds is 7. The molecule has 7 heteroatoms. The predicted octanol–water partition coefficient (Wildman–Crippen LogP) is 0.0751. The fraction of sp³-hybridized carbons (Fsp3) is 0.538. The van der Waals surface area contributed by atoms with E-state index < -0.39 is 0 Å².